The Hall–Kier alpha value is -0.530. The summed E-state index contributed by atoms with van der Waals surface area (Å²) < 4.78 is 0. The van der Waals surface area contributed by atoms with E-state index < -0.39 is 0 Å². The van der Waals surface area contributed by atoms with Crippen LogP contribution in [0, 0.1) is 19.8 Å². The maximum atomic E-state index is 6.11. The quantitative estimate of drug-likeness (QED) is 0.836. The van der Waals surface area contributed by atoms with Crippen molar-refractivity contribution < 1.29 is 0 Å². The molecule has 2 N–H and O–H groups in total. The summed E-state index contributed by atoms with van der Waals surface area (Å²) in [5.74, 6) is 0.659. The van der Waals surface area contributed by atoms with Crippen LogP contribution in [0.2, 0.25) is 0 Å². The third kappa shape index (κ3) is 4.23. The van der Waals surface area contributed by atoms with Gasteiger partial charge in [-0.2, -0.15) is 0 Å². The minimum atomic E-state index is 0. The molecule has 86 valence electrons. The van der Waals surface area contributed by atoms with Crippen molar-refractivity contribution in [1.82, 2.24) is 0 Å². The number of nitrogens with two attached hydrogens (primary N) is 1. The van der Waals surface area contributed by atoms with Gasteiger partial charge in [0.15, 0.2) is 0 Å². The van der Waals surface area contributed by atoms with Gasteiger partial charge in [0.05, 0.1) is 0 Å². The van der Waals surface area contributed by atoms with Crippen molar-refractivity contribution in [3.63, 3.8) is 0 Å². The second-order valence-electron chi connectivity index (χ2n) is 4.58. The van der Waals surface area contributed by atoms with Crippen LogP contribution >= 0.6 is 12.4 Å². The first-order valence-corrected chi connectivity index (χ1v) is 5.33. The molecule has 1 nitrogen and oxygen atoms in total. The van der Waals surface area contributed by atoms with Crippen molar-refractivity contribution in [3.05, 3.63) is 34.9 Å². The lowest BCUT2D eigenvalue weighted by Gasteiger charge is -2.15. The third-order valence-electron chi connectivity index (χ3n) is 2.68. The highest BCUT2D eigenvalue weighted by Gasteiger charge is 2.08. The van der Waals surface area contributed by atoms with Gasteiger partial charge in [0.2, 0.25) is 0 Å². The van der Waals surface area contributed by atoms with E-state index in [4.69, 9.17) is 5.73 Å². The van der Waals surface area contributed by atoms with Crippen molar-refractivity contribution in [2.45, 2.75) is 40.2 Å². The van der Waals surface area contributed by atoms with Gasteiger partial charge in [-0.25, -0.2) is 0 Å². The molecular formula is C13H22ClN. The Balaban J connectivity index is 0.00000196. The topological polar surface area (TPSA) is 26.0 Å². The standard InChI is InChI=1S/C13H21N.ClH/c1-9(2)7-13(14)12-6-5-10(3)11(4)8-12;/h5-6,8-9,13H,7,14H2,1-4H3;1H/t13-;/m1./s1. The smallest absolute Gasteiger partial charge is 0.0297 e. The minimum absolute atomic E-state index is 0. The van der Waals surface area contributed by atoms with Gasteiger partial charge >= 0.3 is 0 Å². The average Bonchev–Trinajstić information content (AvgIpc) is 2.08. The van der Waals surface area contributed by atoms with Gasteiger partial charge in [-0.3, -0.25) is 0 Å². The highest BCUT2D eigenvalue weighted by molar-refractivity contribution is 5.85. The summed E-state index contributed by atoms with van der Waals surface area (Å²) in [6.07, 6.45) is 1.06. The van der Waals surface area contributed by atoms with Crippen LogP contribution in [0.3, 0.4) is 0 Å². The maximum absolute atomic E-state index is 6.11. The van der Waals surface area contributed by atoms with Gasteiger partial charge in [0.1, 0.15) is 0 Å². The first kappa shape index (κ1) is 14.5. The molecule has 0 radical (unpaired) electrons. The van der Waals surface area contributed by atoms with E-state index in [0.717, 1.165) is 6.42 Å². The van der Waals surface area contributed by atoms with E-state index in [1.807, 2.05) is 0 Å². The molecule has 1 atom stereocenters. The van der Waals surface area contributed by atoms with Crippen LogP contribution in [0.1, 0.15) is 43.0 Å². The number of halogens is 1. The van der Waals surface area contributed by atoms with Gasteiger partial charge in [-0.15, -0.1) is 12.4 Å². The zero-order chi connectivity index (χ0) is 10.7. The molecule has 0 fully saturated rings. The fourth-order valence-corrected chi connectivity index (χ4v) is 1.64. The number of hydrogen-bond donors (Lipinski definition) is 1. The molecule has 0 saturated heterocycles. The van der Waals surface area contributed by atoms with Crippen molar-refractivity contribution in [3.8, 4) is 0 Å². The van der Waals surface area contributed by atoms with Crippen LogP contribution in [0.4, 0.5) is 0 Å². The molecule has 1 rings (SSSR count). The van der Waals surface area contributed by atoms with Gasteiger partial charge in [0.25, 0.3) is 0 Å². The summed E-state index contributed by atoms with van der Waals surface area (Å²) in [5, 5.41) is 0. The Labute approximate surface area is 99.5 Å². The fourth-order valence-electron chi connectivity index (χ4n) is 1.64. The van der Waals surface area contributed by atoms with Crippen molar-refractivity contribution >= 4 is 12.4 Å². The molecule has 0 aromatic heterocycles. The molecule has 0 bridgehead atoms. The van der Waals surface area contributed by atoms with Gasteiger partial charge in [-0.05, 0) is 42.9 Å². The molecule has 1 aromatic rings. The third-order valence-corrected chi connectivity index (χ3v) is 2.68. The van der Waals surface area contributed by atoms with E-state index in [9.17, 15) is 0 Å². The molecule has 0 amide bonds. The van der Waals surface area contributed by atoms with Crippen LogP contribution in [0.25, 0.3) is 0 Å². The van der Waals surface area contributed by atoms with E-state index >= 15 is 0 Å². The van der Waals surface area contributed by atoms with E-state index in [1.54, 1.807) is 0 Å². The van der Waals surface area contributed by atoms with Gasteiger partial charge in [-0.1, -0.05) is 32.0 Å². The lowest BCUT2D eigenvalue weighted by atomic mass is 9.95. The van der Waals surface area contributed by atoms with Gasteiger partial charge in [0, 0.05) is 6.04 Å². The van der Waals surface area contributed by atoms with Crippen LogP contribution in [0.15, 0.2) is 18.2 Å². The molecule has 15 heavy (non-hydrogen) atoms. The average molecular weight is 228 g/mol. The minimum Gasteiger partial charge on any atom is -0.324 e. The Morgan fingerprint density at radius 2 is 1.73 bits per heavy atom. The van der Waals surface area contributed by atoms with Crippen LogP contribution in [0.5, 0.6) is 0 Å². The predicted molar refractivity (Wildman–Crippen MR) is 69.5 cm³/mol. The summed E-state index contributed by atoms with van der Waals surface area (Å²) in [4.78, 5) is 0. The highest BCUT2D eigenvalue weighted by atomic mass is 35.5. The summed E-state index contributed by atoms with van der Waals surface area (Å²) in [5.41, 5.74) is 10.1. The SMILES string of the molecule is Cc1ccc([C@H](N)CC(C)C)cc1C.Cl. The Morgan fingerprint density at radius 1 is 1.13 bits per heavy atom. The molecule has 1 aromatic carbocycles. The molecular weight excluding hydrogens is 206 g/mol. The summed E-state index contributed by atoms with van der Waals surface area (Å²) >= 11 is 0. The maximum Gasteiger partial charge on any atom is 0.0297 e. The molecule has 0 aliphatic rings. The van der Waals surface area contributed by atoms with E-state index in [0.29, 0.717) is 5.92 Å². The molecule has 0 saturated carbocycles. The van der Waals surface area contributed by atoms with Crippen molar-refractivity contribution in [2.24, 2.45) is 11.7 Å². The van der Waals surface area contributed by atoms with Crippen LogP contribution in [-0.4, -0.2) is 0 Å². The molecule has 0 aliphatic carbocycles. The second kappa shape index (κ2) is 6.14. The Kier molecular flexibility index (Phi) is 5.92. The van der Waals surface area contributed by atoms with Crippen LogP contribution < -0.4 is 5.73 Å². The lowest BCUT2D eigenvalue weighted by Crippen LogP contribution is -2.13. The number of rotatable bonds is 3. The zero-order valence-corrected chi connectivity index (χ0v) is 10.9. The van der Waals surface area contributed by atoms with E-state index in [2.05, 4.69) is 45.9 Å². The van der Waals surface area contributed by atoms with E-state index in [-0.39, 0.29) is 18.4 Å². The van der Waals surface area contributed by atoms with Gasteiger partial charge < -0.3 is 5.73 Å². The molecule has 2 heteroatoms. The summed E-state index contributed by atoms with van der Waals surface area (Å²) in [6.45, 7) is 8.69. The monoisotopic (exact) mass is 227 g/mol. The summed E-state index contributed by atoms with van der Waals surface area (Å²) in [6, 6.07) is 6.71. The van der Waals surface area contributed by atoms with Crippen molar-refractivity contribution in [2.75, 3.05) is 0 Å². The highest BCUT2D eigenvalue weighted by Crippen LogP contribution is 2.20. The number of benzene rings is 1. The van der Waals surface area contributed by atoms with E-state index in [1.165, 1.54) is 16.7 Å². The lowest BCUT2D eigenvalue weighted by molar-refractivity contribution is 0.510. The largest absolute Gasteiger partial charge is 0.324 e. The fraction of sp³-hybridized carbons (Fsp3) is 0.538. The normalized spacial score (nSPS) is 12.4. The predicted octanol–water partition coefficient (Wildman–Crippen LogP) is 3.77. The molecule has 0 spiro atoms. The van der Waals surface area contributed by atoms with Crippen LogP contribution in [-0.2, 0) is 0 Å². The molecule has 0 aliphatic heterocycles. The summed E-state index contributed by atoms with van der Waals surface area (Å²) in [7, 11) is 0. The molecule has 0 heterocycles. The first-order chi connectivity index (χ1) is 6.50. The molecule has 0 unspecified atom stereocenters. The number of aryl methyl sites for hydroxylation is 2. The first-order valence-electron chi connectivity index (χ1n) is 5.33. The number of hydrogen-bond acceptors (Lipinski definition) is 1. The van der Waals surface area contributed by atoms with Crippen molar-refractivity contribution in [1.29, 1.82) is 0 Å². The zero-order valence-electron chi connectivity index (χ0n) is 10.1. The second-order valence-corrected chi connectivity index (χ2v) is 4.58. The Bertz CT molecular complexity index is 307. The Morgan fingerprint density at radius 3 is 2.20 bits per heavy atom.